The van der Waals surface area contributed by atoms with Crippen LogP contribution in [0.1, 0.15) is 102 Å². The van der Waals surface area contributed by atoms with Crippen molar-refractivity contribution in [1.82, 2.24) is 0 Å². The molecular formula is C15H42O16P4-12. The van der Waals surface area contributed by atoms with E-state index in [9.17, 15) is 0 Å². The molecule has 0 radical (unpaired) electrons. The van der Waals surface area contributed by atoms with E-state index in [-0.39, 0.29) is 0 Å². The first-order chi connectivity index (χ1) is 15.2. The maximum atomic E-state index is 8.55. The van der Waals surface area contributed by atoms with Crippen LogP contribution >= 0.6 is 31.3 Å². The smallest absolute Gasteiger partial charge is 0.0590 e. The van der Waals surface area contributed by atoms with Crippen LogP contribution in [0.5, 0.6) is 0 Å². The van der Waals surface area contributed by atoms with Gasteiger partial charge in [0.1, 0.15) is 0 Å². The van der Waals surface area contributed by atoms with Crippen LogP contribution in [0.2, 0.25) is 0 Å². The second-order valence-electron chi connectivity index (χ2n) is 3.91. The van der Waals surface area contributed by atoms with Crippen LogP contribution in [0, 0.1) is 0 Å². The summed E-state index contributed by atoms with van der Waals surface area (Å²) < 4.78 is 34.2. The summed E-state index contributed by atoms with van der Waals surface area (Å²) in [5, 5.41) is 0. The molecule has 0 fully saturated rings. The highest BCUT2D eigenvalue weighted by Crippen LogP contribution is 2.04. The van der Waals surface area contributed by atoms with Crippen LogP contribution in [0.15, 0.2) is 0 Å². The standard InChI is InChI=1S/3C3H8.3C2H6.4H3O4P/c3*1-3-2;3*1-2;4*1-5(2,3)4/h3*3H2,1-2H3;3*1-2H3;4*(H3,1,2,3,4)/p-12. The van der Waals surface area contributed by atoms with Crippen LogP contribution in [0.4, 0.5) is 0 Å². The molecule has 35 heavy (non-hydrogen) atoms. The van der Waals surface area contributed by atoms with Crippen LogP contribution in [-0.2, 0) is 18.3 Å². The molecule has 0 unspecified atom stereocenters. The predicted molar refractivity (Wildman–Crippen MR) is 112 cm³/mol. The van der Waals surface area contributed by atoms with Gasteiger partial charge in [-0.2, -0.15) is 31.3 Å². The summed E-state index contributed by atoms with van der Waals surface area (Å²) in [4.78, 5) is 103. The van der Waals surface area contributed by atoms with E-state index < -0.39 is 31.3 Å². The van der Waals surface area contributed by atoms with E-state index >= 15 is 0 Å². The molecule has 0 atom stereocenters. The summed E-state index contributed by atoms with van der Waals surface area (Å²) >= 11 is 0. The third kappa shape index (κ3) is 187000. The first-order valence-corrected chi connectivity index (χ1v) is 16.0. The fourth-order valence-electron chi connectivity index (χ4n) is 0. The molecule has 0 aliphatic rings. The summed E-state index contributed by atoms with van der Waals surface area (Å²) in [6.45, 7) is 24.8. The molecule has 0 aromatic carbocycles. The lowest BCUT2D eigenvalue weighted by Crippen LogP contribution is -2.24. The molecule has 0 aromatic rings. The minimum Gasteiger partial charge on any atom is -0.822 e. The molecule has 0 aliphatic heterocycles. The zero-order valence-electron chi connectivity index (χ0n) is 22.4. The normalized spacial score (nSPS) is 8.80. The van der Waals surface area contributed by atoms with E-state index in [1.807, 2.05) is 41.5 Å². The summed E-state index contributed by atoms with van der Waals surface area (Å²) in [5.74, 6) is 0. The molecule has 0 heterocycles. The van der Waals surface area contributed by atoms with Crippen LogP contribution in [-0.4, -0.2) is 0 Å². The molecule has 0 rings (SSSR count). The molecule has 0 saturated heterocycles. The Morgan fingerprint density at radius 1 is 0.314 bits per heavy atom. The van der Waals surface area contributed by atoms with E-state index in [0.717, 1.165) is 0 Å². The Bertz CT molecular complexity index is 350. The van der Waals surface area contributed by atoms with Crippen molar-refractivity contribution in [3.63, 3.8) is 0 Å². The largest absolute Gasteiger partial charge is 0.822 e. The maximum Gasteiger partial charge on any atom is -0.0590 e. The molecule has 0 spiro atoms. The van der Waals surface area contributed by atoms with Gasteiger partial charge < -0.3 is 77.0 Å². The van der Waals surface area contributed by atoms with Crippen molar-refractivity contribution < 1.29 is 77.0 Å². The number of hydrogen-bond donors (Lipinski definition) is 0. The van der Waals surface area contributed by atoms with Crippen LogP contribution in [0.3, 0.4) is 0 Å². The van der Waals surface area contributed by atoms with E-state index in [4.69, 9.17) is 77.0 Å². The molecule has 230 valence electrons. The Kier molecular flexibility index (Phi) is 94.9. The highest BCUT2D eigenvalue weighted by atomic mass is 31.2. The molecule has 20 heteroatoms. The number of phosphoric acid groups is 4. The highest BCUT2D eigenvalue weighted by molar-refractivity contribution is 7.41. The Balaban J connectivity index is -0.0000000254. The number of rotatable bonds is 0. The molecule has 0 aromatic heterocycles. The van der Waals surface area contributed by atoms with Gasteiger partial charge in [-0.05, 0) is 0 Å². The zero-order chi connectivity index (χ0) is 32.1. The minimum absolute atomic E-state index is 1.25. The van der Waals surface area contributed by atoms with E-state index in [2.05, 4.69) is 41.5 Å². The summed E-state index contributed by atoms with van der Waals surface area (Å²) in [5.41, 5.74) is 0. The second-order valence-corrected chi connectivity index (χ2v) is 7.49. The van der Waals surface area contributed by atoms with E-state index in [1.54, 1.807) is 0 Å². The van der Waals surface area contributed by atoms with E-state index in [0.29, 0.717) is 0 Å². The molecule has 0 amide bonds. The fourth-order valence-corrected chi connectivity index (χ4v) is 0. The van der Waals surface area contributed by atoms with Gasteiger partial charge in [0.05, 0.1) is 0 Å². The average Bonchev–Trinajstić information content (AvgIpc) is 2.56. The van der Waals surface area contributed by atoms with Gasteiger partial charge in [0.15, 0.2) is 0 Å². The fraction of sp³-hybridized carbons (Fsp3) is 1.00. The van der Waals surface area contributed by atoms with Gasteiger partial charge in [0.2, 0.25) is 0 Å². The van der Waals surface area contributed by atoms with Gasteiger partial charge in [-0.1, -0.05) is 102 Å². The summed E-state index contributed by atoms with van der Waals surface area (Å²) in [7, 11) is -21.6. The third-order valence-electron chi connectivity index (χ3n) is 0. The Morgan fingerprint density at radius 2 is 0.314 bits per heavy atom. The molecule has 16 nitrogen and oxygen atoms in total. The van der Waals surface area contributed by atoms with Crippen molar-refractivity contribution in [3.05, 3.63) is 0 Å². The Morgan fingerprint density at radius 3 is 0.314 bits per heavy atom. The molecule has 0 N–H and O–H groups in total. The second kappa shape index (κ2) is 51.1. The SMILES string of the molecule is CC.CC.CC.CCC.CCC.CCC.O=P([O-])([O-])[O-].O=P([O-])([O-])[O-].O=P([O-])([O-])[O-].O=P([O-])([O-])[O-]. The van der Waals surface area contributed by atoms with Crippen molar-refractivity contribution >= 4 is 31.3 Å². The van der Waals surface area contributed by atoms with Crippen molar-refractivity contribution in [2.24, 2.45) is 0 Å². The van der Waals surface area contributed by atoms with Gasteiger partial charge in [-0.25, -0.2) is 0 Å². The Labute approximate surface area is 211 Å². The Hall–Kier alpha value is 0.440. The third-order valence-corrected chi connectivity index (χ3v) is 0. The minimum atomic E-state index is -5.39. The lowest BCUT2D eigenvalue weighted by molar-refractivity contribution is -0.434. The first-order valence-electron chi connectivity index (χ1n) is 10.2. The monoisotopic (exact) mass is 602 g/mol. The van der Waals surface area contributed by atoms with Crippen molar-refractivity contribution in [2.75, 3.05) is 0 Å². The lowest BCUT2D eigenvalue weighted by atomic mass is 10.6. The topological polar surface area (TPSA) is 345 Å². The van der Waals surface area contributed by atoms with Gasteiger partial charge >= 0.3 is 0 Å². The quantitative estimate of drug-likeness (QED) is 0.238. The van der Waals surface area contributed by atoms with E-state index in [1.165, 1.54) is 19.3 Å². The number of hydrogen-bond acceptors (Lipinski definition) is 16. The van der Waals surface area contributed by atoms with Gasteiger partial charge in [0, 0.05) is 0 Å². The van der Waals surface area contributed by atoms with Crippen molar-refractivity contribution in [2.45, 2.75) is 102 Å². The first kappa shape index (κ1) is 65.0. The lowest BCUT2D eigenvalue weighted by Gasteiger charge is -2.36. The zero-order valence-corrected chi connectivity index (χ0v) is 26.0. The van der Waals surface area contributed by atoms with Crippen LogP contribution in [0.25, 0.3) is 0 Å². The predicted octanol–water partition coefficient (Wildman–Crippen LogP) is -3.97. The van der Waals surface area contributed by atoms with Gasteiger partial charge in [-0.15, -0.1) is 0 Å². The summed E-state index contributed by atoms with van der Waals surface area (Å²) in [6, 6.07) is 0. The van der Waals surface area contributed by atoms with Gasteiger partial charge in [-0.3, -0.25) is 0 Å². The molecule has 0 aliphatic carbocycles. The van der Waals surface area contributed by atoms with Gasteiger partial charge in [0.25, 0.3) is 0 Å². The van der Waals surface area contributed by atoms with Crippen molar-refractivity contribution in [3.8, 4) is 0 Å². The van der Waals surface area contributed by atoms with Crippen molar-refractivity contribution in [1.29, 1.82) is 0 Å². The highest BCUT2D eigenvalue weighted by Gasteiger charge is 1.46. The molecule has 0 bridgehead atoms. The maximum absolute atomic E-state index is 8.55. The molecule has 0 saturated carbocycles. The van der Waals surface area contributed by atoms with Crippen LogP contribution < -0.4 is 58.7 Å². The summed E-state index contributed by atoms with van der Waals surface area (Å²) in [6.07, 6.45) is 3.75. The molecular weight excluding hydrogens is 560 g/mol. The average molecular weight is 602 g/mol.